The number of para-hydroxylation sites is 1. The largest absolute Gasteiger partial charge is 0.493 e. The van der Waals surface area contributed by atoms with Crippen LogP contribution in [0.2, 0.25) is 0 Å². The Morgan fingerprint density at radius 3 is 2.63 bits per heavy atom. The molecule has 1 saturated heterocycles. The number of fused-ring (bicyclic) bond motifs is 1. The highest BCUT2D eigenvalue weighted by Gasteiger charge is 2.24. The van der Waals surface area contributed by atoms with E-state index >= 15 is 0 Å². The van der Waals surface area contributed by atoms with Crippen LogP contribution in [0.3, 0.4) is 0 Å². The van der Waals surface area contributed by atoms with Gasteiger partial charge in [0.25, 0.3) is 0 Å². The van der Waals surface area contributed by atoms with Gasteiger partial charge in [-0.05, 0) is 61.3 Å². The monoisotopic (exact) mass is 441 g/mol. The molecule has 1 aliphatic heterocycles. The highest BCUT2D eigenvalue weighted by Crippen LogP contribution is 2.33. The summed E-state index contributed by atoms with van der Waals surface area (Å²) in [4.78, 5) is 7.13. The molecule has 1 N–H and O–H groups in total. The van der Waals surface area contributed by atoms with Crippen molar-refractivity contribution < 1.29 is 9.47 Å². The summed E-state index contributed by atoms with van der Waals surface area (Å²) < 4.78 is 12.0. The van der Waals surface area contributed by atoms with Gasteiger partial charge in [0.2, 0.25) is 0 Å². The Bertz CT molecular complexity index is 980. The number of hydrogen-bond donors (Lipinski definition) is 1. The molecule has 0 amide bonds. The summed E-state index contributed by atoms with van der Waals surface area (Å²) in [5.74, 6) is 2.04. The minimum atomic E-state index is 0.535. The van der Waals surface area contributed by atoms with E-state index < -0.39 is 0 Å². The molecule has 0 bridgehead atoms. The van der Waals surface area contributed by atoms with Crippen molar-refractivity contribution in [1.29, 1.82) is 0 Å². The van der Waals surface area contributed by atoms with Crippen LogP contribution in [-0.4, -0.2) is 48.9 Å². The normalized spacial score (nSPS) is 14.7. The fraction of sp³-hybridized carbons (Fsp3) is 0.391. The van der Waals surface area contributed by atoms with Crippen molar-refractivity contribution in [3.05, 3.63) is 53.0 Å². The van der Waals surface area contributed by atoms with Gasteiger partial charge in [-0.15, -0.1) is 11.3 Å². The Morgan fingerprint density at radius 2 is 1.90 bits per heavy atom. The minimum absolute atomic E-state index is 0.535. The van der Waals surface area contributed by atoms with Crippen LogP contribution in [-0.2, 0) is 6.42 Å². The lowest BCUT2D eigenvalue weighted by molar-refractivity contribution is 0.309. The number of piperidine rings is 1. The molecular weight excluding hydrogens is 414 g/mol. The number of ether oxygens (including phenoxy) is 2. The molecule has 4 rings (SSSR count). The number of likely N-dealkylation sites (tertiary alicyclic amines) is 1. The van der Waals surface area contributed by atoms with Crippen molar-refractivity contribution in [2.45, 2.75) is 25.2 Å². The fourth-order valence-corrected chi connectivity index (χ4v) is 5.28. The SMILES string of the molecule is COc1ccc(CCNC(=S)N2CCC(c3nc4ccccc4s3)CC2)cc1OC. The van der Waals surface area contributed by atoms with E-state index in [4.69, 9.17) is 26.7 Å². The van der Waals surface area contributed by atoms with Gasteiger partial charge in [0.1, 0.15) is 0 Å². The Morgan fingerprint density at radius 1 is 1.13 bits per heavy atom. The summed E-state index contributed by atoms with van der Waals surface area (Å²) in [6, 6.07) is 14.4. The highest BCUT2D eigenvalue weighted by molar-refractivity contribution is 7.80. The lowest BCUT2D eigenvalue weighted by atomic mass is 9.98. The smallest absolute Gasteiger partial charge is 0.168 e. The average Bonchev–Trinajstić information content (AvgIpc) is 3.23. The highest BCUT2D eigenvalue weighted by atomic mass is 32.1. The first-order chi connectivity index (χ1) is 14.7. The minimum Gasteiger partial charge on any atom is -0.493 e. The van der Waals surface area contributed by atoms with Crippen LogP contribution in [0.25, 0.3) is 10.2 Å². The summed E-state index contributed by atoms with van der Waals surface area (Å²) in [6.45, 7) is 2.75. The van der Waals surface area contributed by atoms with E-state index in [1.165, 1.54) is 15.3 Å². The summed E-state index contributed by atoms with van der Waals surface area (Å²) in [5, 5.41) is 5.53. The maximum absolute atomic E-state index is 5.64. The molecule has 0 saturated carbocycles. The third-order valence-electron chi connectivity index (χ3n) is 5.58. The third kappa shape index (κ3) is 4.68. The molecular formula is C23H27N3O2S2. The first-order valence-corrected chi connectivity index (χ1v) is 11.5. The molecule has 5 nitrogen and oxygen atoms in total. The first kappa shape index (κ1) is 20.9. The number of nitrogens with zero attached hydrogens (tertiary/aromatic N) is 2. The summed E-state index contributed by atoms with van der Waals surface area (Å²) in [5.41, 5.74) is 2.31. The second-order valence-corrected chi connectivity index (χ2v) is 8.90. The molecule has 1 aromatic heterocycles. The molecule has 2 heterocycles. The van der Waals surface area contributed by atoms with Gasteiger partial charge in [0.15, 0.2) is 16.6 Å². The van der Waals surface area contributed by atoms with Gasteiger partial charge < -0.3 is 19.7 Å². The van der Waals surface area contributed by atoms with Gasteiger partial charge >= 0.3 is 0 Å². The van der Waals surface area contributed by atoms with Crippen molar-refractivity contribution in [3.8, 4) is 11.5 Å². The summed E-state index contributed by atoms with van der Waals surface area (Å²) >= 11 is 7.48. The zero-order chi connectivity index (χ0) is 20.9. The first-order valence-electron chi connectivity index (χ1n) is 10.3. The van der Waals surface area contributed by atoms with Crippen LogP contribution >= 0.6 is 23.6 Å². The van der Waals surface area contributed by atoms with Gasteiger partial charge in [-0.2, -0.15) is 0 Å². The van der Waals surface area contributed by atoms with Crippen molar-refractivity contribution in [2.75, 3.05) is 33.9 Å². The molecule has 0 radical (unpaired) electrons. The van der Waals surface area contributed by atoms with Crippen molar-refractivity contribution in [2.24, 2.45) is 0 Å². The van der Waals surface area contributed by atoms with E-state index in [9.17, 15) is 0 Å². The van der Waals surface area contributed by atoms with Crippen LogP contribution in [0.5, 0.6) is 11.5 Å². The van der Waals surface area contributed by atoms with E-state index in [0.717, 1.165) is 61.0 Å². The van der Waals surface area contributed by atoms with Crippen LogP contribution in [0.15, 0.2) is 42.5 Å². The predicted octanol–water partition coefficient (Wildman–Crippen LogP) is 4.61. The molecule has 0 aliphatic carbocycles. The van der Waals surface area contributed by atoms with Crippen molar-refractivity contribution in [3.63, 3.8) is 0 Å². The summed E-state index contributed by atoms with van der Waals surface area (Å²) in [6.07, 6.45) is 3.07. The molecule has 30 heavy (non-hydrogen) atoms. The van der Waals surface area contributed by atoms with Crippen LogP contribution in [0.1, 0.15) is 29.3 Å². The number of thiazole rings is 1. The molecule has 3 aromatic rings. The molecule has 0 spiro atoms. The number of rotatable bonds is 6. The molecule has 158 valence electrons. The van der Waals surface area contributed by atoms with Crippen LogP contribution < -0.4 is 14.8 Å². The van der Waals surface area contributed by atoms with E-state index in [2.05, 4.69) is 40.5 Å². The Labute approximate surface area is 187 Å². The van der Waals surface area contributed by atoms with Crippen molar-refractivity contribution in [1.82, 2.24) is 15.2 Å². The number of thiocarbonyl (C=S) groups is 1. The number of nitrogens with one attached hydrogen (secondary N) is 1. The van der Waals surface area contributed by atoms with Crippen LogP contribution in [0.4, 0.5) is 0 Å². The van der Waals surface area contributed by atoms with Gasteiger partial charge in [0.05, 0.1) is 29.4 Å². The van der Waals surface area contributed by atoms with Gasteiger partial charge in [-0.25, -0.2) is 4.98 Å². The van der Waals surface area contributed by atoms with Gasteiger partial charge in [-0.1, -0.05) is 18.2 Å². The quantitative estimate of drug-likeness (QED) is 0.564. The molecule has 0 unspecified atom stereocenters. The average molecular weight is 442 g/mol. The van der Waals surface area contributed by atoms with E-state index in [-0.39, 0.29) is 0 Å². The number of benzene rings is 2. The third-order valence-corrected chi connectivity index (χ3v) is 7.18. The lowest BCUT2D eigenvalue weighted by Crippen LogP contribution is -2.44. The van der Waals surface area contributed by atoms with Crippen molar-refractivity contribution >= 4 is 38.9 Å². The van der Waals surface area contributed by atoms with E-state index in [0.29, 0.717) is 5.92 Å². The molecule has 0 atom stereocenters. The zero-order valence-corrected chi connectivity index (χ0v) is 19.0. The Hall–Kier alpha value is -2.38. The molecule has 2 aromatic carbocycles. The number of hydrogen-bond acceptors (Lipinski definition) is 5. The second kappa shape index (κ2) is 9.62. The molecule has 1 fully saturated rings. The number of aromatic nitrogens is 1. The lowest BCUT2D eigenvalue weighted by Gasteiger charge is -2.33. The molecule has 1 aliphatic rings. The maximum atomic E-state index is 5.64. The summed E-state index contributed by atoms with van der Waals surface area (Å²) in [7, 11) is 3.31. The van der Waals surface area contributed by atoms with Gasteiger partial charge in [-0.3, -0.25) is 0 Å². The maximum Gasteiger partial charge on any atom is 0.168 e. The Balaban J connectivity index is 1.25. The van der Waals surface area contributed by atoms with Gasteiger partial charge in [0, 0.05) is 25.6 Å². The van der Waals surface area contributed by atoms with Crippen LogP contribution in [0, 0.1) is 0 Å². The predicted molar refractivity (Wildman–Crippen MR) is 127 cm³/mol. The van der Waals surface area contributed by atoms with E-state index in [1.807, 2.05) is 23.5 Å². The molecule has 7 heteroatoms. The number of methoxy groups -OCH3 is 2. The zero-order valence-electron chi connectivity index (χ0n) is 17.4. The standard InChI is InChI=1S/C23H27N3O2S2/c1-27-19-8-7-16(15-20(19)28-2)9-12-24-23(29)26-13-10-17(11-14-26)22-25-18-5-3-4-6-21(18)30-22/h3-8,15,17H,9-14H2,1-2H3,(H,24,29). The topological polar surface area (TPSA) is 46.6 Å². The fourth-order valence-electron chi connectivity index (χ4n) is 3.86. The van der Waals surface area contributed by atoms with E-state index in [1.54, 1.807) is 14.2 Å². The second-order valence-electron chi connectivity index (χ2n) is 7.45. The Kier molecular flexibility index (Phi) is 6.69.